The molecule has 0 aromatic heterocycles. The third-order valence-electron chi connectivity index (χ3n) is 5.72. The second kappa shape index (κ2) is 11.1. The van der Waals surface area contributed by atoms with Crippen molar-refractivity contribution in [3.63, 3.8) is 0 Å². The van der Waals surface area contributed by atoms with Gasteiger partial charge in [0, 0.05) is 25.6 Å². The molecule has 1 fully saturated rings. The Kier molecular flexibility index (Phi) is 9.11. The number of nitrogens with two attached hydrogens (primary N) is 1. The molecule has 8 heteroatoms. The molecule has 0 amide bonds. The Labute approximate surface area is 196 Å². The van der Waals surface area contributed by atoms with Gasteiger partial charge in [0.25, 0.3) is 0 Å². The third-order valence-corrected chi connectivity index (χ3v) is 6.65. The largest absolute Gasteiger partial charge is 0.356 e. The molecule has 164 valence electrons. The molecule has 1 aliphatic carbocycles. The summed E-state index contributed by atoms with van der Waals surface area (Å²) in [7, 11) is -1.87. The zero-order valence-corrected chi connectivity index (χ0v) is 20.5. The van der Waals surface area contributed by atoms with Crippen LogP contribution in [0.4, 0.5) is 0 Å². The van der Waals surface area contributed by atoms with E-state index < -0.39 is 10.0 Å². The zero-order valence-electron chi connectivity index (χ0n) is 17.3. The minimum Gasteiger partial charge on any atom is -0.356 e. The highest BCUT2D eigenvalue weighted by atomic mass is 127. The quantitative estimate of drug-likeness (QED) is 0.285. The van der Waals surface area contributed by atoms with Crippen molar-refractivity contribution in [3.05, 3.63) is 65.7 Å². The standard InChI is InChI=1S/C22H30N4O2S.HI/c1-24-21(25-16-13-18-9-11-20(12-10-18)29(23,27)28)26-17-22(14-5-6-15-22)19-7-3-2-4-8-19;/h2-4,7-12H,5-6,13-17H2,1H3,(H2,23,27,28)(H2,24,25,26);1H. The molecule has 2 aromatic rings. The lowest BCUT2D eigenvalue weighted by molar-refractivity contribution is 0.432. The number of halogens is 1. The Bertz CT molecular complexity index is 925. The van der Waals surface area contributed by atoms with Gasteiger partial charge >= 0.3 is 0 Å². The van der Waals surface area contributed by atoms with Gasteiger partial charge in [-0.3, -0.25) is 4.99 Å². The second-order valence-corrected chi connectivity index (χ2v) is 9.21. The maximum atomic E-state index is 11.3. The number of rotatable bonds is 7. The molecule has 0 bridgehead atoms. The van der Waals surface area contributed by atoms with Gasteiger partial charge in [-0.25, -0.2) is 13.6 Å². The summed E-state index contributed by atoms with van der Waals surface area (Å²) in [5.74, 6) is 0.786. The molecule has 0 radical (unpaired) electrons. The molecular weight excluding hydrogens is 511 g/mol. The molecule has 1 aliphatic rings. The highest BCUT2D eigenvalue weighted by molar-refractivity contribution is 14.0. The van der Waals surface area contributed by atoms with E-state index in [2.05, 4.69) is 46.0 Å². The fourth-order valence-corrected chi connectivity index (χ4v) is 4.57. The Morgan fingerprint density at radius 3 is 2.23 bits per heavy atom. The van der Waals surface area contributed by atoms with Crippen molar-refractivity contribution < 1.29 is 8.42 Å². The average Bonchev–Trinajstić information content (AvgIpc) is 3.21. The first-order valence-corrected chi connectivity index (χ1v) is 11.6. The number of nitrogens with one attached hydrogen (secondary N) is 2. The predicted octanol–water partition coefficient (Wildman–Crippen LogP) is 3.17. The molecule has 0 unspecified atom stereocenters. The number of primary sulfonamides is 1. The minimum absolute atomic E-state index is 0. The van der Waals surface area contributed by atoms with Gasteiger partial charge in [-0.2, -0.15) is 0 Å². The molecule has 1 saturated carbocycles. The molecule has 2 aromatic carbocycles. The van der Waals surface area contributed by atoms with E-state index in [1.807, 2.05) is 0 Å². The lowest BCUT2D eigenvalue weighted by atomic mass is 9.79. The van der Waals surface area contributed by atoms with E-state index in [0.717, 1.165) is 24.5 Å². The van der Waals surface area contributed by atoms with Gasteiger partial charge in [-0.15, -0.1) is 24.0 Å². The predicted molar refractivity (Wildman–Crippen MR) is 133 cm³/mol. The van der Waals surface area contributed by atoms with Crippen molar-refractivity contribution in [2.45, 2.75) is 42.4 Å². The van der Waals surface area contributed by atoms with Crippen LogP contribution in [0.15, 0.2) is 64.5 Å². The maximum Gasteiger partial charge on any atom is 0.238 e. The SMILES string of the molecule is CN=C(NCCc1ccc(S(N)(=O)=O)cc1)NCC1(c2ccccc2)CCCC1.I. The molecule has 0 heterocycles. The number of hydrogen-bond acceptors (Lipinski definition) is 3. The molecule has 4 N–H and O–H groups in total. The summed E-state index contributed by atoms with van der Waals surface area (Å²) in [6, 6.07) is 17.4. The monoisotopic (exact) mass is 542 g/mol. The lowest BCUT2D eigenvalue weighted by Crippen LogP contribution is -2.45. The van der Waals surface area contributed by atoms with Crippen LogP contribution in [0.25, 0.3) is 0 Å². The van der Waals surface area contributed by atoms with Crippen LogP contribution in [0.3, 0.4) is 0 Å². The summed E-state index contributed by atoms with van der Waals surface area (Å²) in [6.07, 6.45) is 5.67. The number of guanidine groups is 1. The summed E-state index contributed by atoms with van der Waals surface area (Å²) in [5, 5.41) is 12.0. The van der Waals surface area contributed by atoms with Crippen molar-refractivity contribution in [2.75, 3.05) is 20.1 Å². The van der Waals surface area contributed by atoms with Crippen LogP contribution in [-0.4, -0.2) is 34.5 Å². The van der Waals surface area contributed by atoms with Crippen LogP contribution in [0, 0.1) is 0 Å². The van der Waals surface area contributed by atoms with Gasteiger partial charge in [-0.1, -0.05) is 55.3 Å². The molecule has 0 aliphatic heterocycles. The van der Waals surface area contributed by atoms with Crippen LogP contribution in [0.1, 0.15) is 36.8 Å². The number of hydrogen-bond donors (Lipinski definition) is 3. The van der Waals surface area contributed by atoms with Gasteiger partial charge in [0.1, 0.15) is 0 Å². The van der Waals surface area contributed by atoms with Gasteiger partial charge < -0.3 is 10.6 Å². The Hall–Kier alpha value is -1.65. The van der Waals surface area contributed by atoms with E-state index in [9.17, 15) is 8.42 Å². The fraction of sp³-hybridized carbons (Fsp3) is 0.409. The lowest BCUT2D eigenvalue weighted by Gasteiger charge is -2.30. The summed E-state index contributed by atoms with van der Waals surface area (Å²) in [5.41, 5.74) is 2.61. The molecule has 0 saturated heterocycles. The second-order valence-electron chi connectivity index (χ2n) is 7.64. The minimum atomic E-state index is -3.65. The fourth-order valence-electron chi connectivity index (χ4n) is 4.06. The van der Waals surface area contributed by atoms with Gasteiger partial charge in [-0.05, 0) is 42.5 Å². The van der Waals surface area contributed by atoms with E-state index in [1.165, 1.54) is 31.2 Å². The topological polar surface area (TPSA) is 96.6 Å². The normalized spacial score (nSPS) is 16.0. The van der Waals surface area contributed by atoms with E-state index in [0.29, 0.717) is 6.54 Å². The van der Waals surface area contributed by atoms with Gasteiger partial charge in [0.05, 0.1) is 4.90 Å². The molecule has 0 spiro atoms. The first-order valence-electron chi connectivity index (χ1n) is 10.0. The summed E-state index contributed by atoms with van der Waals surface area (Å²) < 4.78 is 22.7. The Morgan fingerprint density at radius 2 is 1.67 bits per heavy atom. The summed E-state index contributed by atoms with van der Waals surface area (Å²) in [6.45, 7) is 1.56. The van der Waals surface area contributed by atoms with Crippen molar-refractivity contribution in [2.24, 2.45) is 10.1 Å². The van der Waals surface area contributed by atoms with E-state index in [1.54, 1.807) is 31.3 Å². The number of benzene rings is 2. The smallest absolute Gasteiger partial charge is 0.238 e. The van der Waals surface area contributed by atoms with Gasteiger partial charge in [0.15, 0.2) is 5.96 Å². The first kappa shape index (κ1) is 24.6. The highest BCUT2D eigenvalue weighted by Crippen LogP contribution is 2.40. The molecule has 0 atom stereocenters. The molecule has 6 nitrogen and oxygen atoms in total. The van der Waals surface area contributed by atoms with E-state index in [-0.39, 0.29) is 34.3 Å². The van der Waals surface area contributed by atoms with Crippen molar-refractivity contribution >= 4 is 40.0 Å². The van der Waals surface area contributed by atoms with Crippen LogP contribution in [0.2, 0.25) is 0 Å². The third kappa shape index (κ3) is 6.42. The maximum absolute atomic E-state index is 11.3. The molecule has 3 rings (SSSR count). The Morgan fingerprint density at radius 1 is 1.03 bits per heavy atom. The number of sulfonamides is 1. The molecule has 30 heavy (non-hydrogen) atoms. The van der Waals surface area contributed by atoms with Gasteiger partial charge in [0.2, 0.25) is 10.0 Å². The first-order chi connectivity index (χ1) is 13.9. The van der Waals surface area contributed by atoms with Crippen molar-refractivity contribution in [3.8, 4) is 0 Å². The van der Waals surface area contributed by atoms with Crippen LogP contribution in [-0.2, 0) is 21.9 Å². The van der Waals surface area contributed by atoms with Crippen molar-refractivity contribution in [1.29, 1.82) is 0 Å². The zero-order chi connectivity index (χ0) is 20.7. The average molecular weight is 542 g/mol. The highest BCUT2D eigenvalue weighted by Gasteiger charge is 2.35. The van der Waals surface area contributed by atoms with E-state index >= 15 is 0 Å². The Balaban J connectivity index is 0.00000320. The van der Waals surface area contributed by atoms with Crippen molar-refractivity contribution in [1.82, 2.24) is 10.6 Å². The number of nitrogens with zero attached hydrogens (tertiary/aromatic N) is 1. The summed E-state index contributed by atoms with van der Waals surface area (Å²) >= 11 is 0. The van der Waals surface area contributed by atoms with Crippen LogP contribution >= 0.6 is 24.0 Å². The van der Waals surface area contributed by atoms with E-state index in [4.69, 9.17) is 5.14 Å². The number of aliphatic imine (C=N–C) groups is 1. The molecular formula is C22H31IN4O2S. The summed E-state index contributed by atoms with van der Waals surface area (Å²) in [4.78, 5) is 4.48. The van der Waals surface area contributed by atoms with Crippen LogP contribution < -0.4 is 15.8 Å². The van der Waals surface area contributed by atoms with Crippen LogP contribution in [0.5, 0.6) is 0 Å².